The highest BCUT2D eigenvalue weighted by molar-refractivity contribution is 5.37. The van der Waals surface area contributed by atoms with Gasteiger partial charge in [-0.05, 0) is 68.2 Å². The molecule has 0 bridgehead atoms. The number of hydrogen-bond acceptors (Lipinski definition) is 2. The van der Waals surface area contributed by atoms with E-state index in [1.54, 1.807) is 0 Å². The van der Waals surface area contributed by atoms with E-state index in [1.807, 2.05) is 0 Å². The van der Waals surface area contributed by atoms with Gasteiger partial charge < -0.3 is 9.84 Å². The molecule has 0 spiro atoms. The zero-order valence-corrected chi connectivity index (χ0v) is 10.9. The number of hydrogen-bond donors (Lipinski definition) is 1. The largest absolute Gasteiger partial charge is 0.490 e. The summed E-state index contributed by atoms with van der Waals surface area (Å²) in [6, 6.07) is 6.55. The topological polar surface area (TPSA) is 29.5 Å². The first-order valence-corrected chi connectivity index (χ1v) is 7.28. The lowest BCUT2D eigenvalue weighted by molar-refractivity contribution is 0.0536. The van der Waals surface area contributed by atoms with E-state index in [4.69, 9.17) is 4.74 Å². The van der Waals surface area contributed by atoms with Crippen LogP contribution in [0.3, 0.4) is 0 Å². The summed E-state index contributed by atoms with van der Waals surface area (Å²) < 4.78 is 6.03. The van der Waals surface area contributed by atoms with Crippen molar-refractivity contribution in [2.24, 2.45) is 0 Å². The van der Waals surface area contributed by atoms with Gasteiger partial charge in [-0.3, -0.25) is 0 Å². The van der Waals surface area contributed by atoms with Gasteiger partial charge in [0, 0.05) is 6.42 Å². The van der Waals surface area contributed by atoms with Crippen LogP contribution in [0.2, 0.25) is 0 Å². The summed E-state index contributed by atoms with van der Waals surface area (Å²) >= 11 is 0. The molecule has 2 unspecified atom stereocenters. The third-order valence-electron chi connectivity index (χ3n) is 4.22. The van der Waals surface area contributed by atoms with Crippen molar-refractivity contribution < 1.29 is 9.84 Å². The monoisotopic (exact) mass is 246 g/mol. The Bertz CT molecular complexity index is 414. The molecular formula is C16H22O2. The molecule has 2 nitrogen and oxygen atoms in total. The van der Waals surface area contributed by atoms with Crippen LogP contribution in [-0.4, -0.2) is 17.3 Å². The Morgan fingerprint density at radius 3 is 2.67 bits per heavy atom. The predicted molar refractivity (Wildman–Crippen MR) is 72.0 cm³/mol. The lowest BCUT2D eigenvalue weighted by atomic mass is 9.91. The van der Waals surface area contributed by atoms with Crippen LogP contribution < -0.4 is 4.74 Å². The highest BCUT2D eigenvalue weighted by atomic mass is 16.5. The van der Waals surface area contributed by atoms with E-state index in [0.717, 1.165) is 31.4 Å². The zero-order chi connectivity index (χ0) is 12.4. The molecule has 18 heavy (non-hydrogen) atoms. The number of aryl methyl sites for hydroxylation is 2. The first-order valence-electron chi connectivity index (χ1n) is 7.28. The highest BCUT2D eigenvalue weighted by Gasteiger charge is 2.21. The molecule has 2 heteroatoms. The van der Waals surface area contributed by atoms with Gasteiger partial charge in [0.15, 0.2) is 0 Å². The van der Waals surface area contributed by atoms with Gasteiger partial charge in [0.2, 0.25) is 0 Å². The normalized spacial score (nSPS) is 27.6. The van der Waals surface area contributed by atoms with E-state index in [9.17, 15) is 5.11 Å². The molecular weight excluding hydrogens is 224 g/mol. The molecule has 1 saturated carbocycles. The van der Waals surface area contributed by atoms with E-state index >= 15 is 0 Å². The SMILES string of the molecule is OC1CCCC(Oc2ccc3c(c2)CCCC3)C1. The van der Waals surface area contributed by atoms with Crippen LogP contribution in [0.5, 0.6) is 5.75 Å². The molecule has 1 fully saturated rings. The molecule has 0 aliphatic heterocycles. The Kier molecular flexibility index (Phi) is 3.55. The van der Waals surface area contributed by atoms with Crippen molar-refractivity contribution >= 4 is 0 Å². The van der Waals surface area contributed by atoms with Crippen molar-refractivity contribution in [2.45, 2.75) is 63.6 Å². The van der Waals surface area contributed by atoms with Crippen molar-refractivity contribution in [1.82, 2.24) is 0 Å². The van der Waals surface area contributed by atoms with Crippen molar-refractivity contribution in [3.63, 3.8) is 0 Å². The molecule has 1 N–H and O–H groups in total. The Morgan fingerprint density at radius 2 is 1.83 bits per heavy atom. The molecule has 1 aromatic carbocycles. The zero-order valence-electron chi connectivity index (χ0n) is 10.9. The van der Waals surface area contributed by atoms with Crippen LogP contribution in [0.25, 0.3) is 0 Å². The molecule has 0 radical (unpaired) electrons. The molecule has 0 heterocycles. The van der Waals surface area contributed by atoms with Crippen LogP contribution in [0.15, 0.2) is 18.2 Å². The van der Waals surface area contributed by atoms with Crippen molar-refractivity contribution in [3.8, 4) is 5.75 Å². The van der Waals surface area contributed by atoms with Crippen LogP contribution in [0, 0.1) is 0 Å². The maximum atomic E-state index is 9.67. The standard InChI is InChI=1S/C16H22O2/c17-14-6-3-7-15(11-14)18-16-9-8-12-4-1-2-5-13(12)10-16/h8-10,14-15,17H,1-7,11H2. The summed E-state index contributed by atoms with van der Waals surface area (Å²) in [7, 11) is 0. The summed E-state index contributed by atoms with van der Waals surface area (Å²) in [4.78, 5) is 0. The molecule has 98 valence electrons. The first kappa shape index (κ1) is 12.0. The van der Waals surface area contributed by atoms with E-state index in [2.05, 4.69) is 18.2 Å². The van der Waals surface area contributed by atoms with Crippen LogP contribution in [0.1, 0.15) is 49.7 Å². The third kappa shape index (κ3) is 2.69. The molecule has 0 amide bonds. The minimum absolute atomic E-state index is 0.165. The number of benzene rings is 1. The van der Waals surface area contributed by atoms with Crippen molar-refractivity contribution in [1.29, 1.82) is 0 Å². The Morgan fingerprint density at radius 1 is 1.00 bits per heavy atom. The third-order valence-corrected chi connectivity index (χ3v) is 4.22. The molecule has 0 saturated heterocycles. The smallest absolute Gasteiger partial charge is 0.120 e. The summed E-state index contributed by atoms with van der Waals surface area (Å²) in [5.41, 5.74) is 2.97. The van der Waals surface area contributed by atoms with Gasteiger partial charge in [-0.2, -0.15) is 0 Å². The van der Waals surface area contributed by atoms with Crippen molar-refractivity contribution in [2.75, 3.05) is 0 Å². The second-order valence-corrected chi connectivity index (χ2v) is 5.70. The van der Waals surface area contributed by atoms with E-state index in [0.29, 0.717) is 0 Å². The molecule has 2 aliphatic rings. The molecule has 3 rings (SSSR count). The van der Waals surface area contributed by atoms with E-state index < -0.39 is 0 Å². The van der Waals surface area contributed by atoms with Gasteiger partial charge in [0.25, 0.3) is 0 Å². The second-order valence-electron chi connectivity index (χ2n) is 5.70. The van der Waals surface area contributed by atoms with Gasteiger partial charge in [-0.1, -0.05) is 6.07 Å². The molecule has 2 atom stereocenters. The quantitative estimate of drug-likeness (QED) is 0.868. The van der Waals surface area contributed by atoms with Gasteiger partial charge >= 0.3 is 0 Å². The lowest BCUT2D eigenvalue weighted by Crippen LogP contribution is -2.28. The van der Waals surface area contributed by atoms with E-state index in [1.165, 1.54) is 36.8 Å². The minimum Gasteiger partial charge on any atom is -0.490 e. The molecule has 1 aromatic rings. The fraction of sp³-hybridized carbons (Fsp3) is 0.625. The second kappa shape index (κ2) is 5.31. The van der Waals surface area contributed by atoms with Crippen molar-refractivity contribution in [3.05, 3.63) is 29.3 Å². The summed E-state index contributed by atoms with van der Waals surface area (Å²) in [6.45, 7) is 0. The summed E-state index contributed by atoms with van der Waals surface area (Å²) in [5, 5.41) is 9.67. The van der Waals surface area contributed by atoms with Gasteiger partial charge in [-0.15, -0.1) is 0 Å². The maximum Gasteiger partial charge on any atom is 0.120 e. The highest BCUT2D eigenvalue weighted by Crippen LogP contribution is 2.28. The number of aliphatic hydroxyl groups is 1. The van der Waals surface area contributed by atoms with Crippen LogP contribution >= 0.6 is 0 Å². The summed E-state index contributed by atoms with van der Waals surface area (Å²) in [6.07, 6.45) is 8.96. The Hall–Kier alpha value is -1.02. The lowest BCUT2D eigenvalue weighted by Gasteiger charge is -2.27. The average Bonchev–Trinajstić information content (AvgIpc) is 2.39. The molecule has 0 aromatic heterocycles. The first-order chi connectivity index (χ1) is 8.81. The average molecular weight is 246 g/mol. The minimum atomic E-state index is -0.165. The fourth-order valence-corrected chi connectivity index (χ4v) is 3.20. The Balaban J connectivity index is 1.69. The van der Waals surface area contributed by atoms with Gasteiger partial charge in [0.1, 0.15) is 11.9 Å². The molecule has 2 aliphatic carbocycles. The fourth-order valence-electron chi connectivity index (χ4n) is 3.20. The van der Waals surface area contributed by atoms with Crippen LogP contribution in [0.4, 0.5) is 0 Å². The van der Waals surface area contributed by atoms with E-state index in [-0.39, 0.29) is 12.2 Å². The van der Waals surface area contributed by atoms with Crippen LogP contribution in [-0.2, 0) is 12.8 Å². The van der Waals surface area contributed by atoms with Gasteiger partial charge in [-0.25, -0.2) is 0 Å². The summed E-state index contributed by atoms with van der Waals surface area (Å²) in [5.74, 6) is 0.995. The van der Waals surface area contributed by atoms with Gasteiger partial charge in [0.05, 0.1) is 6.10 Å². The number of aliphatic hydroxyl groups excluding tert-OH is 1. The predicted octanol–water partition coefficient (Wildman–Crippen LogP) is 3.25. The number of fused-ring (bicyclic) bond motifs is 1. The number of ether oxygens (including phenoxy) is 1. The maximum absolute atomic E-state index is 9.67. The number of rotatable bonds is 2. The Labute approximate surface area is 109 Å².